The van der Waals surface area contributed by atoms with E-state index in [0.717, 1.165) is 5.39 Å². The lowest BCUT2D eigenvalue weighted by Gasteiger charge is -2.41. The van der Waals surface area contributed by atoms with Gasteiger partial charge in [0.2, 0.25) is 0 Å². The Morgan fingerprint density at radius 1 is 1.39 bits per heavy atom. The largest absolute Gasteiger partial charge is 0.444 e. The van der Waals surface area contributed by atoms with Gasteiger partial charge in [0.15, 0.2) is 0 Å². The molecule has 8 nitrogen and oxygen atoms in total. The van der Waals surface area contributed by atoms with E-state index in [-0.39, 0.29) is 12.1 Å². The maximum absolute atomic E-state index is 12.5. The van der Waals surface area contributed by atoms with Crippen LogP contribution in [0, 0.1) is 11.3 Å². The maximum atomic E-state index is 12.5. The van der Waals surface area contributed by atoms with Crippen molar-refractivity contribution in [3.05, 3.63) is 29.0 Å². The molecule has 1 aromatic carbocycles. The van der Waals surface area contributed by atoms with Gasteiger partial charge in [-0.3, -0.25) is 0 Å². The van der Waals surface area contributed by atoms with Crippen LogP contribution in [0.2, 0.25) is 5.02 Å². The number of halogens is 1. The van der Waals surface area contributed by atoms with Crippen LogP contribution >= 0.6 is 11.6 Å². The Balaban J connectivity index is 1.89. The molecule has 1 atom stereocenters. The van der Waals surface area contributed by atoms with Crippen molar-refractivity contribution in [2.75, 3.05) is 31.1 Å². The van der Waals surface area contributed by atoms with E-state index < -0.39 is 5.60 Å². The lowest BCUT2D eigenvalue weighted by molar-refractivity contribution is 0.0149. The first kappa shape index (κ1) is 20.1. The minimum atomic E-state index is -0.566. The van der Waals surface area contributed by atoms with E-state index in [1.807, 2.05) is 20.8 Å². The fourth-order valence-corrected chi connectivity index (χ4v) is 3.41. The summed E-state index contributed by atoms with van der Waals surface area (Å²) in [6.45, 7) is 7.34. The first-order valence-electron chi connectivity index (χ1n) is 9.02. The topological polar surface area (TPSA) is 108 Å². The predicted octanol–water partition coefficient (Wildman–Crippen LogP) is 2.54. The molecule has 9 heteroatoms. The fourth-order valence-electron chi connectivity index (χ4n) is 3.21. The zero-order valence-electron chi connectivity index (χ0n) is 16.1. The summed E-state index contributed by atoms with van der Waals surface area (Å²) in [7, 11) is 0. The molecule has 0 aliphatic carbocycles. The van der Waals surface area contributed by atoms with Crippen LogP contribution in [0.25, 0.3) is 10.9 Å². The van der Waals surface area contributed by atoms with Crippen molar-refractivity contribution in [3.63, 3.8) is 0 Å². The van der Waals surface area contributed by atoms with Gasteiger partial charge in [0.25, 0.3) is 0 Å². The molecule has 1 aromatic heterocycles. The summed E-state index contributed by atoms with van der Waals surface area (Å²) in [6, 6.07) is 5.24. The summed E-state index contributed by atoms with van der Waals surface area (Å²) in [5.41, 5.74) is 6.41. The van der Waals surface area contributed by atoms with Gasteiger partial charge in [-0.25, -0.2) is 14.8 Å². The molecule has 1 unspecified atom stereocenters. The Kier molecular flexibility index (Phi) is 5.59. The summed E-state index contributed by atoms with van der Waals surface area (Å²) in [5, 5.41) is 10.4. The molecule has 0 radical (unpaired) electrons. The van der Waals surface area contributed by atoms with E-state index >= 15 is 0 Å². The van der Waals surface area contributed by atoms with Crippen molar-refractivity contribution in [3.8, 4) is 6.07 Å². The van der Waals surface area contributed by atoms with Crippen molar-refractivity contribution < 1.29 is 9.53 Å². The molecule has 0 spiro atoms. The molecule has 28 heavy (non-hydrogen) atoms. The van der Waals surface area contributed by atoms with Gasteiger partial charge in [0, 0.05) is 31.6 Å². The zero-order chi connectivity index (χ0) is 20.5. The van der Waals surface area contributed by atoms with E-state index in [0.29, 0.717) is 48.1 Å². The molecule has 1 amide bonds. The molecule has 1 aliphatic heterocycles. The fraction of sp³-hybridized carbons (Fsp3) is 0.474. The average Bonchev–Trinajstić information content (AvgIpc) is 2.65. The van der Waals surface area contributed by atoms with Crippen molar-refractivity contribution in [1.82, 2.24) is 14.9 Å². The van der Waals surface area contributed by atoms with Crippen LogP contribution in [0.4, 0.5) is 10.6 Å². The first-order chi connectivity index (χ1) is 13.2. The second-order valence-corrected chi connectivity index (χ2v) is 8.07. The molecular formula is C19H23ClN6O2. The van der Waals surface area contributed by atoms with Crippen molar-refractivity contribution in [1.29, 1.82) is 5.26 Å². The number of carbonyl (C=O) groups is 1. The Labute approximate surface area is 168 Å². The molecule has 2 heterocycles. The third kappa shape index (κ3) is 4.11. The highest BCUT2D eigenvalue weighted by Gasteiger charge is 2.33. The minimum Gasteiger partial charge on any atom is -0.444 e. The molecule has 2 N–H and O–H groups in total. The van der Waals surface area contributed by atoms with Crippen LogP contribution in [0.15, 0.2) is 18.5 Å². The number of nitrogens with two attached hydrogens (primary N) is 1. The van der Waals surface area contributed by atoms with Gasteiger partial charge in [-0.2, -0.15) is 5.26 Å². The zero-order valence-corrected chi connectivity index (χ0v) is 16.9. The van der Waals surface area contributed by atoms with Gasteiger partial charge < -0.3 is 20.3 Å². The molecule has 3 rings (SSSR count). The number of carbonyl (C=O) groups excluding carboxylic acids is 1. The highest BCUT2D eigenvalue weighted by Crippen LogP contribution is 2.29. The maximum Gasteiger partial charge on any atom is 0.410 e. The van der Waals surface area contributed by atoms with Crippen molar-refractivity contribution in [2.24, 2.45) is 5.73 Å². The second-order valence-electron chi connectivity index (χ2n) is 7.67. The normalized spacial score (nSPS) is 17.5. The number of ether oxygens (including phenoxy) is 1. The van der Waals surface area contributed by atoms with Gasteiger partial charge in [0.05, 0.1) is 22.1 Å². The molecule has 1 aliphatic rings. The van der Waals surface area contributed by atoms with Crippen molar-refractivity contribution in [2.45, 2.75) is 32.4 Å². The number of aromatic nitrogens is 2. The van der Waals surface area contributed by atoms with E-state index in [1.165, 1.54) is 6.33 Å². The van der Waals surface area contributed by atoms with Crippen LogP contribution < -0.4 is 10.6 Å². The Bertz CT molecular complexity index is 936. The monoisotopic (exact) mass is 402 g/mol. The lowest BCUT2D eigenvalue weighted by Crippen LogP contribution is -2.58. The summed E-state index contributed by atoms with van der Waals surface area (Å²) < 4.78 is 5.50. The van der Waals surface area contributed by atoms with Crippen LogP contribution in [0.5, 0.6) is 0 Å². The standard InChI is InChI=1S/C19H23ClN6O2/c1-19(2,3)28-18(27)26-5-4-25(10-13(26)9-22)17-14-6-12(8-21)15(20)7-16(14)23-11-24-17/h6-7,11,13H,4-5,9-10,22H2,1-3H3. The SMILES string of the molecule is CC(C)(C)OC(=O)N1CCN(c2ncnc3cc(Cl)c(C#N)cc23)CC1CN. The van der Waals surface area contributed by atoms with Crippen LogP contribution in [0.1, 0.15) is 26.3 Å². The number of hydrogen-bond acceptors (Lipinski definition) is 7. The van der Waals surface area contributed by atoms with Gasteiger partial charge in [-0.15, -0.1) is 0 Å². The predicted molar refractivity (Wildman–Crippen MR) is 107 cm³/mol. The molecule has 1 saturated heterocycles. The van der Waals surface area contributed by atoms with E-state index in [4.69, 9.17) is 22.1 Å². The van der Waals surface area contributed by atoms with Crippen LogP contribution in [0.3, 0.4) is 0 Å². The number of hydrogen-bond donors (Lipinski definition) is 1. The van der Waals surface area contributed by atoms with Crippen LogP contribution in [-0.4, -0.2) is 58.8 Å². The molecule has 0 bridgehead atoms. The van der Waals surface area contributed by atoms with Gasteiger partial charge >= 0.3 is 6.09 Å². The number of nitrogens with zero attached hydrogens (tertiary/aromatic N) is 5. The summed E-state index contributed by atoms with van der Waals surface area (Å²) in [5.74, 6) is 0.695. The summed E-state index contributed by atoms with van der Waals surface area (Å²) in [4.78, 5) is 24.9. The molecule has 0 saturated carbocycles. The molecule has 148 valence electrons. The Morgan fingerprint density at radius 3 is 2.79 bits per heavy atom. The molecular weight excluding hydrogens is 380 g/mol. The number of anilines is 1. The summed E-state index contributed by atoms with van der Waals surface area (Å²) in [6.07, 6.45) is 1.10. The van der Waals surface area contributed by atoms with E-state index in [1.54, 1.807) is 17.0 Å². The Hall–Kier alpha value is -2.63. The highest BCUT2D eigenvalue weighted by molar-refractivity contribution is 6.32. The number of amides is 1. The number of fused-ring (bicyclic) bond motifs is 1. The third-order valence-corrected chi connectivity index (χ3v) is 4.82. The highest BCUT2D eigenvalue weighted by atomic mass is 35.5. The van der Waals surface area contributed by atoms with Gasteiger partial charge in [-0.1, -0.05) is 11.6 Å². The minimum absolute atomic E-state index is 0.212. The third-order valence-electron chi connectivity index (χ3n) is 4.51. The first-order valence-corrected chi connectivity index (χ1v) is 9.40. The van der Waals surface area contributed by atoms with Crippen molar-refractivity contribution >= 4 is 34.4 Å². The van der Waals surface area contributed by atoms with E-state index in [2.05, 4.69) is 20.9 Å². The number of benzene rings is 1. The average molecular weight is 403 g/mol. The number of piperazine rings is 1. The lowest BCUT2D eigenvalue weighted by atomic mass is 10.1. The smallest absolute Gasteiger partial charge is 0.410 e. The summed E-state index contributed by atoms with van der Waals surface area (Å²) >= 11 is 6.12. The molecule has 2 aromatic rings. The number of rotatable bonds is 2. The number of nitriles is 1. The van der Waals surface area contributed by atoms with Crippen LogP contribution in [-0.2, 0) is 4.74 Å². The molecule has 1 fully saturated rings. The second kappa shape index (κ2) is 7.78. The van der Waals surface area contributed by atoms with Gasteiger partial charge in [0.1, 0.15) is 23.8 Å². The van der Waals surface area contributed by atoms with Gasteiger partial charge in [-0.05, 0) is 32.9 Å². The Morgan fingerprint density at radius 2 is 2.14 bits per heavy atom. The van der Waals surface area contributed by atoms with E-state index in [9.17, 15) is 10.1 Å². The quantitative estimate of drug-likeness (QED) is 0.821.